The summed E-state index contributed by atoms with van der Waals surface area (Å²) in [6.07, 6.45) is 0. The van der Waals surface area contributed by atoms with E-state index >= 15 is 0 Å². The Bertz CT molecular complexity index is 505. The number of anilines is 1. The Morgan fingerprint density at radius 1 is 1.31 bits per heavy atom. The summed E-state index contributed by atoms with van der Waals surface area (Å²) >= 11 is 6.11. The number of halogens is 1. The van der Waals surface area contributed by atoms with E-state index < -0.39 is 0 Å². The lowest BCUT2D eigenvalue weighted by molar-refractivity contribution is 0.415. The van der Waals surface area contributed by atoms with Gasteiger partial charge >= 0.3 is 0 Å². The predicted octanol–water partition coefficient (Wildman–Crippen LogP) is 2.33. The number of ether oxygens (including phenoxy) is 1. The molecule has 0 fully saturated rings. The Kier molecular flexibility index (Phi) is 2.75. The number of hydrogen-bond acceptors (Lipinski definition) is 3. The number of benzene rings is 1. The first kappa shape index (κ1) is 10.8. The molecular formula is C11H12ClN3O. The third-order valence-corrected chi connectivity index (χ3v) is 2.86. The van der Waals surface area contributed by atoms with Crippen molar-refractivity contribution in [2.45, 2.75) is 0 Å². The van der Waals surface area contributed by atoms with E-state index in [0.717, 1.165) is 11.3 Å². The van der Waals surface area contributed by atoms with Crippen molar-refractivity contribution in [3.8, 4) is 17.0 Å². The smallest absolute Gasteiger partial charge is 0.201 e. The molecule has 0 amide bonds. The summed E-state index contributed by atoms with van der Waals surface area (Å²) in [5, 5.41) is 0.530. The van der Waals surface area contributed by atoms with Crippen LogP contribution in [0.5, 0.6) is 5.75 Å². The van der Waals surface area contributed by atoms with Crippen molar-refractivity contribution in [3.63, 3.8) is 0 Å². The summed E-state index contributed by atoms with van der Waals surface area (Å²) in [5.74, 6) is 1.19. The third kappa shape index (κ3) is 1.72. The van der Waals surface area contributed by atoms with Gasteiger partial charge in [0.15, 0.2) is 0 Å². The first-order chi connectivity index (χ1) is 7.63. The Morgan fingerprint density at radius 2 is 1.94 bits per heavy atom. The molecule has 0 bridgehead atoms. The molecule has 5 heteroatoms. The monoisotopic (exact) mass is 237 g/mol. The molecule has 1 aromatic carbocycles. The minimum absolute atomic E-state index is 0.399. The molecule has 1 heterocycles. The summed E-state index contributed by atoms with van der Waals surface area (Å²) in [6, 6.07) is 7.51. The quantitative estimate of drug-likeness (QED) is 0.872. The van der Waals surface area contributed by atoms with Gasteiger partial charge in [0.25, 0.3) is 0 Å². The van der Waals surface area contributed by atoms with E-state index in [0.29, 0.717) is 16.8 Å². The number of nitrogens with zero attached hydrogens (tertiary/aromatic N) is 2. The molecule has 84 valence electrons. The summed E-state index contributed by atoms with van der Waals surface area (Å²) < 4.78 is 6.72. The number of hydrogen-bond donors (Lipinski definition) is 1. The van der Waals surface area contributed by atoms with Crippen LogP contribution in [-0.2, 0) is 7.05 Å². The maximum Gasteiger partial charge on any atom is 0.201 e. The zero-order valence-electron chi connectivity index (χ0n) is 9.07. The highest BCUT2D eigenvalue weighted by atomic mass is 35.5. The van der Waals surface area contributed by atoms with Crippen LogP contribution in [-0.4, -0.2) is 16.7 Å². The van der Waals surface area contributed by atoms with E-state index in [2.05, 4.69) is 4.98 Å². The SMILES string of the molecule is COc1ccc(-c2nc(N)n(C)c2Cl)cc1. The molecule has 16 heavy (non-hydrogen) atoms. The highest BCUT2D eigenvalue weighted by Crippen LogP contribution is 2.29. The van der Waals surface area contributed by atoms with Gasteiger partial charge in [0.2, 0.25) is 5.95 Å². The number of rotatable bonds is 2. The molecule has 2 rings (SSSR count). The fourth-order valence-electron chi connectivity index (χ4n) is 1.43. The van der Waals surface area contributed by atoms with Crippen molar-refractivity contribution in [2.24, 2.45) is 7.05 Å². The van der Waals surface area contributed by atoms with Gasteiger partial charge in [0.05, 0.1) is 7.11 Å². The molecule has 1 aromatic heterocycles. The van der Waals surface area contributed by atoms with E-state index in [9.17, 15) is 0 Å². The molecule has 4 nitrogen and oxygen atoms in total. The minimum Gasteiger partial charge on any atom is -0.497 e. The molecule has 0 aliphatic rings. The van der Waals surface area contributed by atoms with Gasteiger partial charge in [0, 0.05) is 12.6 Å². The fourth-order valence-corrected chi connectivity index (χ4v) is 1.67. The van der Waals surface area contributed by atoms with Crippen molar-refractivity contribution in [1.29, 1.82) is 0 Å². The zero-order chi connectivity index (χ0) is 11.7. The fraction of sp³-hybridized carbons (Fsp3) is 0.182. The molecule has 0 saturated carbocycles. The van der Waals surface area contributed by atoms with E-state index in [1.807, 2.05) is 24.3 Å². The van der Waals surface area contributed by atoms with Crippen LogP contribution in [0.15, 0.2) is 24.3 Å². The van der Waals surface area contributed by atoms with Crippen molar-refractivity contribution in [2.75, 3.05) is 12.8 Å². The van der Waals surface area contributed by atoms with Crippen molar-refractivity contribution >= 4 is 17.5 Å². The van der Waals surface area contributed by atoms with Gasteiger partial charge in [-0.2, -0.15) is 0 Å². The normalized spacial score (nSPS) is 10.4. The molecule has 0 saturated heterocycles. The molecule has 0 unspecified atom stereocenters. The van der Waals surface area contributed by atoms with Crippen LogP contribution in [0.4, 0.5) is 5.95 Å². The molecule has 0 aliphatic heterocycles. The zero-order valence-corrected chi connectivity index (χ0v) is 9.82. The molecular weight excluding hydrogens is 226 g/mol. The Hall–Kier alpha value is -1.68. The molecule has 0 spiro atoms. The highest BCUT2D eigenvalue weighted by molar-refractivity contribution is 6.32. The number of nitrogen functional groups attached to an aromatic ring is 1. The third-order valence-electron chi connectivity index (χ3n) is 2.42. The summed E-state index contributed by atoms with van der Waals surface area (Å²) in [6.45, 7) is 0. The topological polar surface area (TPSA) is 53.1 Å². The van der Waals surface area contributed by atoms with Crippen molar-refractivity contribution in [3.05, 3.63) is 29.4 Å². The average Bonchev–Trinajstić information content (AvgIpc) is 2.57. The Morgan fingerprint density at radius 3 is 2.38 bits per heavy atom. The van der Waals surface area contributed by atoms with Gasteiger partial charge in [0.1, 0.15) is 16.6 Å². The van der Waals surface area contributed by atoms with Gasteiger partial charge < -0.3 is 15.0 Å². The summed E-state index contributed by atoms with van der Waals surface area (Å²) in [4.78, 5) is 4.20. The second-order valence-corrected chi connectivity index (χ2v) is 3.75. The Balaban J connectivity index is 2.46. The first-order valence-electron chi connectivity index (χ1n) is 4.75. The average molecular weight is 238 g/mol. The van der Waals surface area contributed by atoms with Crippen LogP contribution in [0, 0.1) is 0 Å². The second kappa shape index (κ2) is 4.06. The van der Waals surface area contributed by atoms with Gasteiger partial charge in [-0.05, 0) is 24.3 Å². The van der Waals surface area contributed by atoms with Gasteiger partial charge in [-0.1, -0.05) is 11.6 Å². The highest BCUT2D eigenvalue weighted by Gasteiger charge is 2.12. The van der Waals surface area contributed by atoms with Crippen molar-refractivity contribution in [1.82, 2.24) is 9.55 Å². The maximum absolute atomic E-state index is 6.11. The van der Waals surface area contributed by atoms with Gasteiger partial charge in [-0.25, -0.2) is 4.98 Å². The maximum atomic E-state index is 6.11. The molecule has 2 aromatic rings. The van der Waals surface area contributed by atoms with E-state index in [4.69, 9.17) is 22.1 Å². The summed E-state index contributed by atoms with van der Waals surface area (Å²) in [5.41, 5.74) is 7.28. The lowest BCUT2D eigenvalue weighted by Gasteiger charge is -2.01. The summed E-state index contributed by atoms with van der Waals surface area (Å²) in [7, 11) is 3.40. The lowest BCUT2D eigenvalue weighted by Crippen LogP contribution is -1.96. The second-order valence-electron chi connectivity index (χ2n) is 3.40. The van der Waals surface area contributed by atoms with Crippen molar-refractivity contribution < 1.29 is 4.74 Å². The van der Waals surface area contributed by atoms with Crippen LogP contribution in [0.2, 0.25) is 5.15 Å². The van der Waals surface area contributed by atoms with E-state index in [1.54, 1.807) is 18.7 Å². The van der Waals surface area contributed by atoms with Crippen LogP contribution in [0.3, 0.4) is 0 Å². The number of nitrogens with two attached hydrogens (primary N) is 1. The van der Waals surface area contributed by atoms with E-state index in [1.165, 1.54) is 0 Å². The lowest BCUT2D eigenvalue weighted by atomic mass is 10.1. The molecule has 2 N–H and O–H groups in total. The van der Waals surface area contributed by atoms with Crippen LogP contribution < -0.4 is 10.5 Å². The first-order valence-corrected chi connectivity index (χ1v) is 5.13. The van der Waals surface area contributed by atoms with E-state index in [-0.39, 0.29) is 0 Å². The predicted molar refractivity (Wildman–Crippen MR) is 64.6 cm³/mol. The number of methoxy groups -OCH3 is 1. The van der Waals surface area contributed by atoms with Crippen LogP contribution >= 0.6 is 11.6 Å². The molecule has 0 radical (unpaired) electrons. The largest absolute Gasteiger partial charge is 0.497 e. The van der Waals surface area contributed by atoms with Gasteiger partial charge in [-0.3, -0.25) is 0 Å². The number of imidazole rings is 1. The van der Waals surface area contributed by atoms with Crippen LogP contribution in [0.25, 0.3) is 11.3 Å². The van der Waals surface area contributed by atoms with Gasteiger partial charge in [-0.15, -0.1) is 0 Å². The Labute approximate surface area is 98.6 Å². The number of aromatic nitrogens is 2. The molecule has 0 atom stereocenters. The standard InChI is InChI=1S/C11H12ClN3O/c1-15-10(12)9(14-11(15)13)7-3-5-8(16-2)6-4-7/h3-6H,1-2H3,(H2,13,14). The minimum atomic E-state index is 0.399. The molecule has 0 aliphatic carbocycles. The van der Waals surface area contributed by atoms with Crippen LogP contribution in [0.1, 0.15) is 0 Å².